The van der Waals surface area contributed by atoms with Gasteiger partial charge in [-0.2, -0.15) is 0 Å². The molecule has 1 aromatic rings. The lowest BCUT2D eigenvalue weighted by Gasteiger charge is -2.10. The fraction of sp³-hybridized carbons (Fsp3) is 0.300. The normalized spacial score (nSPS) is 10.1. The number of benzene rings is 1. The minimum atomic E-state index is -0.455. The fourth-order valence-corrected chi connectivity index (χ4v) is 1.12. The zero-order valence-electron chi connectivity index (χ0n) is 8.65. The summed E-state index contributed by atoms with van der Waals surface area (Å²) in [6.45, 7) is 3.86. The maximum atomic E-state index is 10.4. The molecule has 0 aliphatic heterocycles. The lowest BCUT2D eigenvalue weighted by molar-refractivity contribution is -0.384. The van der Waals surface area contributed by atoms with E-state index < -0.39 is 4.92 Å². The third-order valence-corrected chi connectivity index (χ3v) is 1.80. The first-order valence-electron chi connectivity index (χ1n) is 4.60. The molecule has 0 atom stereocenters. The second-order valence-corrected chi connectivity index (χ2v) is 3.48. The van der Waals surface area contributed by atoms with Crippen LogP contribution in [-0.4, -0.2) is 16.8 Å². The van der Waals surface area contributed by atoms with Crippen molar-refractivity contribution in [1.29, 1.82) is 5.41 Å². The summed E-state index contributed by atoms with van der Waals surface area (Å²) in [5, 5.41) is 21.0. The van der Waals surface area contributed by atoms with Crippen molar-refractivity contribution >= 4 is 11.5 Å². The second-order valence-electron chi connectivity index (χ2n) is 3.48. The molecule has 0 aliphatic carbocycles. The summed E-state index contributed by atoms with van der Waals surface area (Å²) >= 11 is 0. The predicted molar refractivity (Wildman–Crippen MR) is 58.2 cm³/mol. The first-order valence-corrected chi connectivity index (χ1v) is 4.60. The molecule has 0 saturated heterocycles. The molecule has 0 amide bonds. The summed E-state index contributed by atoms with van der Waals surface area (Å²) in [5.74, 6) is 0.278. The van der Waals surface area contributed by atoms with Crippen LogP contribution in [0.25, 0.3) is 0 Å². The second kappa shape index (κ2) is 4.54. The molecule has 0 radical (unpaired) electrons. The van der Waals surface area contributed by atoms with Gasteiger partial charge in [-0.1, -0.05) is 0 Å². The number of amidine groups is 1. The van der Waals surface area contributed by atoms with Gasteiger partial charge in [0.15, 0.2) is 0 Å². The first-order chi connectivity index (χ1) is 7.00. The molecule has 0 fully saturated rings. The van der Waals surface area contributed by atoms with Gasteiger partial charge in [0.2, 0.25) is 0 Å². The predicted octanol–water partition coefficient (Wildman–Crippen LogP) is 1.92. The Morgan fingerprint density at radius 2 is 1.93 bits per heavy atom. The van der Waals surface area contributed by atoms with E-state index in [2.05, 4.69) is 5.32 Å². The van der Waals surface area contributed by atoms with Gasteiger partial charge in [-0.05, 0) is 26.0 Å². The van der Waals surface area contributed by atoms with Gasteiger partial charge in [0, 0.05) is 23.7 Å². The molecule has 5 nitrogen and oxygen atoms in total. The molecule has 2 N–H and O–H groups in total. The van der Waals surface area contributed by atoms with Crippen LogP contribution in [0.1, 0.15) is 19.4 Å². The Balaban J connectivity index is 2.80. The Hall–Kier alpha value is -1.91. The van der Waals surface area contributed by atoms with Gasteiger partial charge in [0.1, 0.15) is 5.84 Å². The Morgan fingerprint density at radius 1 is 1.40 bits per heavy atom. The van der Waals surface area contributed by atoms with Gasteiger partial charge < -0.3 is 5.32 Å². The molecule has 0 saturated carbocycles. The van der Waals surface area contributed by atoms with Crippen molar-refractivity contribution in [3.8, 4) is 0 Å². The van der Waals surface area contributed by atoms with Crippen LogP contribution in [0.5, 0.6) is 0 Å². The average Bonchev–Trinajstić information content (AvgIpc) is 2.17. The Bertz CT molecular complexity index is 371. The van der Waals surface area contributed by atoms with Crippen LogP contribution in [0, 0.1) is 15.5 Å². The number of nitro benzene ring substituents is 1. The summed E-state index contributed by atoms with van der Waals surface area (Å²) in [6, 6.07) is 6.09. The zero-order valence-corrected chi connectivity index (χ0v) is 8.65. The van der Waals surface area contributed by atoms with E-state index in [9.17, 15) is 10.1 Å². The molecule has 0 spiro atoms. The summed E-state index contributed by atoms with van der Waals surface area (Å²) in [5.41, 5.74) is 0.686. The molecule has 1 aromatic carbocycles. The van der Waals surface area contributed by atoms with Crippen LogP contribution in [0.3, 0.4) is 0 Å². The van der Waals surface area contributed by atoms with E-state index in [-0.39, 0.29) is 17.6 Å². The van der Waals surface area contributed by atoms with Crippen LogP contribution in [-0.2, 0) is 0 Å². The third-order valence-electron chi connectivity index (χ3n) is 1.80. The van der Waals surface area contributed by atoms with E-state index in [1.165, 1.54) is 12.1 Å². The van der Waals surface area contributed by atoms with Crippen molar-refractivity contribution in [2.75, 3.05) is 0 Å². The summed E-state index contributed by atoms with van der Waals surface area (Å²) in [6.07, 6.45) is 0. The minimum absolute atomic E-state index is 0.0381. The SMILES string of the molecule is CC(C)NC(=N)c1ccc([N+](=O)[O-])cc1. The fourth-order valence-electron chi connectivity index (χ4n) is 1.12. The van der Waals surface area contributed by atoms with Crippen LogP contribution in [0.15, 0.2) is 24.3 Å². The quantitative estimate of drug-likeness (QED) is 0.344. The van der Waals surface area contributed by atoms with Crippen LogP contribution < -0.4 is 5.32 Å². The average molecular weight is 207 g/mol. The van der Waals surface area contributed by atoms with Gasteiger partial charge in [-0.25, -0.2) is 0 Å². The van der Waals surface area contributed by atoms with Gasteiger partial charge in [0.05, 0.1) is 4.92 Å². The van der Waals surface area contributed by atoms with Crippen molar-refractivity contribution in [3.63, 3.8) is 0 Å². The number of nitrogens with zero attached hydrogens (tertiary/aromatic N) is 1. The molecule has 0 aliphatic rings. The number of rotatable bonds is 3. The van der Waals surface area contributed by atoms with Crippen LogP contribution in [0.2, 0.25) is 0 Å². The van der Waals surface area contributed by atoms with Crippen molar-refractivity contribution in [2.24, 2.45) is 0 Å². The molecule has 15 heavy (non-hydrogen) atoms. The van der Waals surface area contributed by atoms with E-state index in [4.69, 9.17) is 5.41 Å². The van der Waals surface area contributed by atoms with Crippen molar-refractivity contribution in [2.45, 2.75) is 19.9 Å². The summed E-state index contributed by atoms with van der Waals surface area (Å²) in [7, 11) is 0. The van der Waals surface area contributed by atoms with Gasteiger partial charge >= 0.3 is 0 Å². The zero-order chi connectivity index (χ0) is 11.4. The molecule has 0 unspecified atom stereocenters. The first kappa shape index (κ1) is 11.2. The standard InChI is InChI=1S/C10H13N3O2/c1-7(2)12-10(11)8-3-5-9(6-4-8)13(14)15/h3-7H,1-2H3,(H2,11,12). The molecular formula is C10H13N3O2. The van der Waals surface area contributed by atoms with Crippen LogP contribution in [0.4, 0.5) is 5.69 Å². The molecule has 0 aromatic heterocycles. The third kappa shape index (κ3) is 3.05. The van der Waals surface area contributed by atoms with Crippen molar-refractivity contribution in [1.82, 2.24) is 5.32 Å². The minimum Gasteiger partial charge on any atom is -0.368 e. The van der Waals surface area contributed by atoms with E-state index in [1.54, 1.807) is 12.1 Å². The highest BCUT2D eigenvalue weighted by molar-refractivity contribution is 5.96. The molecule has 5 heteroatoms. The van der Waals surface area contributed by atoms with Crippen molar-refractivity contribution < 1.29 is 4.92 Å². The Labute approximate surface area is 87.8 Å². The Kier molecular flexibility index (Phi) is 3.38. The maximum Gasteiger partial charge on any atom is 0.269 e. The molecular weight excluding hydrogens is 194 g/mol. The number of nitrogens with one attached hydrogen (secondary N) is 2. The lowest BCUT2D eigenvalue weighted by Crippen LogP contribution is -2.30. The smallest absolute Gasteiger partial charge is 0.269 e. The number of non-ortho nitro benzene ring substituents is 1. The van der Waals surface area contributed by atoms with E-state index in [1.807, 2.05) is 13.8 Å². The molecule has 0 heterocycles. The summed E-state index contributed by atoms with van der Waals surface area (Å²) in [4.78, 5) is 9.94. The van der Waals surface area contributed by atoms with E-state index in [0.717, 1.165) is 0 Å². The van der Waals surface area contributed by atoms with Gasteiger partial charge in [-0.15, -0.1) is 0 Å². The number of nitro groups is 1. The largest absolute Gasteiger partial charge is 0.368 e. The van der Waals surface area contributed by atoms with Gasteiger partial charge in [0.25, 0.3) is 5.69 Å². The van der Waals surface area contributed by atoms with Gasteiger partial charge in [-0.3, -0.25) is 15.5 Å². The maximum absolute atomic E-state index is 10.4. The number of hydrogen-bond donors (Lipinski definition) is 2. The monoisotopic (exact) mass is 207 g/mol. The van der Waals surface area contributed by atoms with E-state index >= 15 is 0 Å². The van der Waals surface area contributed by atoms with Crippen LogP contribution >= 0.6 is 0 Å². The van der Waals surface area contributed by atoms with E-state index in [0.29, 0.717) is 5.56 Å². The molecule has 1 rings (SSSR count). The number of hydrogen-bond acceptors (Lipinski definition) is 3. The highest BCUT2D eigenvalue weighted by Crippen LogP contribution is 2.11. The lowest BCUT2D eigenvalue weighted by atomic mass is 10.2. The molecule has 0 bridgehead atoms. The highest BCUT2D eigenvalue weighted by Gasteiger charge is 2.07. The Morgan fingerprint density at radius 3 is 2.33 bits per heavy atom. The summed E-state index contributed by atoms with van der Waals surface area (Å²) < 4.78 is 0. The van der Waals surface area contributed by atoms with Crippen molar-refractivity contribution in [3.05, 3.63) is 39.9 Å². The highest BCUT2D eigenvalue weighted by atomic mass is 16.6. The molecule has 80 valence electrons. The topological polar surface area (TPSA) is 79.0 Å².